The van der Waals surface area contributed by atoms with Crippen LogP contribution in [0.25, 0.3) is 0 Å². The molecule has 6 heteroatoms. The Hall–Kier alpha value is -2.53. The lowest BCUT2D eigenvalue weighted by Crippen LogP contribution is -2.35. The fourth-order valence-corrected chi connectivity index (χ4v) is 3.20. The zero-order valence-corrected chi connectivity index (χ0v) is 15.3. The number of amides is 3. The molecule has 0 spiro atoms. The molecule has 0 radical (unpaired) electrons. The second-order valence-corrected chi connectivity index (χ2v) is 6.74. The molecule has 1 saturated heterocycles. The van der Waals surface area contributed by atoms with E-state index in [0.29, 0.717) is 22.8 Å². The summed E-state index contributed by atoms with van der Waals surface area (Å²) >= 11 is 6.08. The number of anilines is 1. The predicted molar refractivity (Wildman–Crippen MR) is 104 cm³/mol. The van der Waals surface area contributed by atoms with Crippen molar-refractivity contribution in [2.75, 3.05) is 18.4 Å². The van der Waals surface area contributed by atoms with Crippen LogP contribution in [-0.4, -0.2) is 29.9 Å². The van der Waals surface area contributed by atoms with Crippen LogP contribution in [0.4, 0.5) is 10.5 Å². The van der Waals surface area contributed by atoms with Crippen molar-refractivity contribution in [3.63, 3.8) is 0 Å². The minimum absolute atomic E-state index is 0.0184. The molecule has 0 unspecified atom stereocenters. The van der Waals surface area contributed by atoms with E-state index in [9.17, 15) is 9.59 Å². The molecule has 0 aliphatic carbocycles. The van der Waals surface area contributed by atoms with E-state index in [1.807, 2.05) is 23.1 Å². The third-order valence-electron chi connectivity index (χ3n) is 4.41. The molecule has 0 aromatic heterocycles. The molecule has 0 atom stereocenters. The lowest BCUT2D eigenvalue weighted by atomic mass is 10.1. The van der Waals surface area contributed by atoms with Gasteiger partial charge in [-0.3, -0.25) is 4.79 Å². The number of likely N-dealkylation sites (tertiary alicyclic amines) is 1. The van der Waals surface area contributed by atoms with Gasteiger partial charge in [0.25, 0.3) is 5.91 Å². The van der Waals surface area contributed by atoms with Crippen molar-refractivity contribution in [1.82, 2.24) is 10.2 Å². The molecule has 1 aliphatic heterocycles. The third kappa shape index (κ3) is 4.76. The van der Waals surface area contributed by atoms with Gasteiger partial charge in [-0.05, 0) is 49.1 Å². The summed E-state index contributed by atoms with van der Waals surface area (Å²) in [5, 5.41) is 6.15. The maximum Gasteiger partial charge on any atom is 0.319 e. The summed E-state index contributed by atoms with van der Waals surface area (Å²) in [5.74, 6) is 0.0184. The van der Waals surface area contributed by atoms with Crippen molar-refractivity contribution < 1.29 is 9.59 Å². The van der Waals surface area contributed by atoms with Crippen LogP contribution in [0.5, 0.6) is 0 Å². The molecule has 1 aliphatic rings. The van der Waals surface area contributed by atoms with Gasteiger partial charge in [-0.2, -0.15) is 0 Å². The predicted octanol–water partition coefficient (Wildman–Crippen LogP) is 4.29. The normalized spacial score (nSPS) is 14.0. The molecule has 5 nitrogen and oxygen atoms in total. The largest absolute Gasteiger partial charge is 0.339 e. The van der Waals surface area contributed by atoms with Crippen LogP contribution in [0.2, 0.25) is 5.02 Å². The number of piperidine rings is 1. The molecular weight excluding hydrogens is 350 g/mol. The SMILES string of the molecule is O=C(NCc1ccccc1Cl)Nc1cccc(C(=O)N2CCCCC2)c1. The molecular formula is C20H22ClN3O2. The number of nitrogens with zero attached hydrogens (tertiary/aromatic N) is 1. The number of rotatable bonds is 4. The minimum Gasteiger partial charge on any atom is -0.339 e. The molecule has 136 valence electrons. The average molecular weight is 372 g/mol. The molecule has 26 heavy (non-hydrogen) atoms. The number of urea groups is 1. The van der Waals surface area contributed by atoms with Gasteiger partial charge in [0.1, 0.15) is 0 Å². The van der Waals surface area contributed by atoms with Crippen molar-refractivity contribution in [1.29, 1.82) is 0 Å². The number of hydrogen-bond donors (Lipinski definition) is 2. The van der Waals surface area contributed by atoms with E-state index in [1.165, 1.54) is 6.42 Å². The highest BCUT2D eigenvalue weighted by atomic mass is 35.5. The van der Waals surface area contributed by atoms with E-state index < -0.39 is 0 Å². The fraction of sp³-hybridized carbons (Fsp3) is 0.300. The monoisotopic (exact) mass is 371 g/mol. The van der Waals surface area contributed by atoms with E-state index >= 15 is 0 Å². The Labute approximate surface area is 158 Å². The Kier molecular flexibility index (Phi) is 6.12. The van der Waals surface area contributed by atoms with Crippen LogP contribution in [0.15, 0.2) is 48.5 Å². The Balaban J connectivity index is 1.58. The van der Waals surface area contributed by atoms with Crippen LogP contribution in [0.3, 0.4) is 0 Å². The standard InChI is InChI=1S/C20H22ClN3O2/c21-18-10-3-2-7-16(18)14-22-20(26)23-17-9-6-8-15(13-17)19(25)24-11-4-1-5-12-24/h2-3,6-10,13H,1,4-5,11-12,14H2,(H2,22,23,26). The van der Waals surface area contributed by atoms with Gasteiger partial charge >= 0.3 is 6.03 Å². The quantitative estimate of drug-likeness (QED) is 0.842. The van der Waals surface area contributed by atoms with Gasteiger partial charge in [0.05, 0.1) is 0 Å². The van der Waals surface area contributed by atoms with Gasteiger partial charge in [0, 0.05) is 35.9 Å². The second kappa shape index (κ2) is 8.72. The second-order valence-electron chi connectivity index (χ2n) is 6.33. The summed E-state index contributed by atoms with van der Waals surface area (Å²) in [5.41, 5.74) is 2.03. The van der Waals surface area contributed by atoms with E-state index in [-0.39, 0.29) is 11.9 Å². The Bertz CT molecular complexity index is 788. The smallest absolute Gasteiger partial charge is 0.319 e. The van der Waals surface area contributed by atoms with Crippen LogP contribution < -0.4 is 10.6 Å². The maximum atomic E-state index is 12.6. The Morgan fingerprint density at radius 3 is 2.54 bits per heavy atom. The van der Waals surface area contributed by atoms with Crippen LogP contribution in [-0.2, 0) is 6.54 Å². The van der Waals surface area contributed by atoms with Crippen molar-refractivity contribution >= 4 is 29.2 Å². The lowest BCUT2D eigenvalue weighted by molar-refractivity contribution is 0.0724. The van der Waals surface area contributed by atoms with Crippen molar-refractivity contribution in [2.24, 2.45) is 0 Å². The van der Waals surface area contributed by atoms with Crippen LogP contribution in [0.1, 0.15) is 35.2 Å². The molecule has 2 aromatic rings. The first-order valence-electron chi connectivity index (χ1n) is 8.81. The van der Waals surface area contributed by atoms with Gasteiger partial charge in [0.2, 0.25) is 0 Å². The molecule has 1 heterocycles. The van der Waals surface area contributed by atoms with E-state index in [1.54, 1.807) is 30.3 Å². The van der Waals surface area contributed by atoms with Gasteiger partial charge in [-0.15, -0.1) is 0 Å². The summed E-state index contributed by atoms with van der Waals surface area (Å²) in [6, 6.07) is 14.1. The number of nitrogens with one attached hydrogen (secondary N) is 2. The minimum atomic E-state index is -0.340. The zero-order valence-electron chi connectivity index (χ0n) is 14.5. The van der Waals surface area contributed by atoms with Crippen molar-refractivity contribution in [2.45, 2.75) is 25.8 Å². The van der Waals surface area contributed by atoms with Crippen LogP contribution >= 0.6 is 11.6 Å². The maximum absolute atomic E-state index is 12.6. The van der Waals surface area contributed by atoms with Gasteiger partial charge in [-0.1, -0.05) is 35.9 Å². The summed E-state index contributed by atoms with van der Waals surface area (Å²) in [7, 11) is 0. The third-order valence-corrected chi connectivity index (χ3v) is 4.78. The first-order valence-corrected chi connectivity index (χ1v) is 9.19. The molecule has 3 rings (SSSR count). The Morgan fingerprint density at radius 1 is 1.00 bits per heavy atom. The number of benzene rings is 2. The highest BCUT2D eigenvalue weighted by Crippen LogP contribution is 2.17. The molecule has 1 fully saturated rings. The van der Waals surface area contributed by atoms with Crippen LogP contribution in [0, 0.1) is 0 Å². The zero-order chi connectivity index (χ0) is 18.4. The number of halogens is 1. The summed E-state index contributed by atoms with van der Waals surface area (Å²) in [6.45, 7) is 1.93. The molecule has 0 saturated carbocycles. The van der Waals surface area contributed by atoms with Crippen molar-refractivity contribution in [3.05, 3.63) is 64.7 Å². The molecule has 3 amide bonds. The molecule has 2 N–H and O–H groups in total. The number of carbonyl (C=O) groups is 2. The summed E-state index contributed by atoms with van der Waals surface area (Å²) < 4.78 is 0. The van der Waals surface area contributed by atoms with Crippen molar-refractivity contribution in [3.8, 4) is 0 Å². The average Bonchev–Trinajstić information content (AvgIpc) is 2.68. The number of carbonyl (C=O) groups excluding carboxylic acids is 2. The Morgan fingerprint density at radius 2 is 1.77 bits per heavy atom. The highest BCUT2D eigenvalue weighted by molar-refractivity contribution is 6.31. The lowest BCUT2D eigenvalue weighted by Gasteiger charge is -2.26. The van der Waals surface area contributed by atoms with E-state index in [4.69, 9.17) is 11.6 Å². The topological polar surface area (TPSA) is 61.4 Å². The van der Waals surface area contributed by atoms with Gasteiger partial charge < -0.3 is 15.5 Å². The van der Waals surface area contributed by atoms with E-state index in [2.05, 4.69) is 10.6 Å². The van der Waals surface area contributed by atoms with Gasteiger partial charge in [0.15, 0.2) is 0 Å². The summed E-state index contributed by atoms with van der Waals surface area (Å²) in [6.07, 6.45) is 3.28. The first-order chi connectivity index (χ1) is 12.6. The first kappa shape index (κ1) is 18.3. The summed E-state index contributed by atoms with van der Waals surface area (Å²) in [4.78, 5) is 26.6. The van der Waals surface area contributed by atoms with Gasteiger partial charge in [-0.25, -0.2) is 4.79 Å². The molecule has 2 aromatic carbocycles. The number of hydrogen-bond acceptors (Lipinski definition) is 2. The van der Waals surface area contributed by atoms with E-state index in [0.717, 1.165) is 31.5 Å². The highest BCUT2D eigenvalue weighted by Gasteiger charge is 2.18. The molecule has 0 bridgehead atoms. The fourth-order valence-electron chi connectivity index (χ4n) is 3.00.